The van der Waals surface area contributed by atoms with E-state index in [1.165, 1.54) is 6.07 Å². The van der Waals surface area contributed by atoms with Crippen molar-refractivity contribution in [3.63, 3.8) is 0 Å². The molecule has 2 aromatic rings. The standard InChI is InChI=1S/C14H17ClFN3O/c1-9(17-2)11-5-4-10(6-12(11)16)20-8-14-18-7-13(15)19(14)3/h4-7,9,17H,8H2,1-3H3. The number of nitrogens with one attached hydrogen (secondary N) is 1. The van der Waals surface area contributed by atoms with Crippen molar-refractivity contribution in [2.24, 2.45) is 7.05 Å². The SMILES string of the molecule is CNC(C)c1ccc(OCc2ncc(Cl)n2C)cc1F. The predicted octanol–water partition coefficient (Wildman–Crippen LogP) is 3.07. The van der Waals surface area contributed by atoms with E-state index in [1.807, 2.05) is 6.92 Å². The van der Waals surface area contributed by atoms with Crippen molar-refractivity contribution in [3.05, 3.63) is 46.8 Å². The number of benzene rings is 1. The molecule has 0 aliphatic carbocycles. The Hall–Kier alpha value is -1.59. The Morgan fingerprint density at radius 1 is 1.50 bits per heavy atom. The van der Waals surface area contributed by atoms with E-state index in [1.54, 1.807) is 37.0 Å². The van der Waals surface area contributed by atoms with Crippen molar-refractivity contribution in [1.82, 2.24) is 14.9 Å². The van der Waals surface area contributed by atoms with Crippen LogP contribution in [0.25, 0.3) is 0 Å². The molecule has 20 heavy (non-hydrogen) atoms. The quantitative estimate of drug-likeness (QED) is 0.922. The fourth-order valence-corrected chi connectivity index (χ4v) is 1.96. The number of hydrogen-bond donors (Lipinski definition) is 1. The van der Waals surface area contributed by atoms with Crippen molar-refractivity contribution < 1.29 is 9.13 Å². The Balaban J connectivity index is 2.07. The lowest BCUT2D eigenvalue weighted by Crippen LogP contribution is -2.14. The molecule has 0 bridgehead atoms. The Labute approximate surface area is 122 Å². The molecule has 0 fully saturated rings. The van der Waals surface area contributed by atoms with Crippen LogP contribution in [0.15, 0.2) is 24.4 Å². The van der Waals surface area contributed by atoms with Crippen LogP contribution < -0.4 is 10.1 Å². The zero-order valence-corrected chi connectivity index (χ0v) is 12.4. The van der Waals surface area contributed by atoms with Gasteiger partial charge in [-0.3, -0.25) is 0 Å². The highest BCUT2D eigenvalue weighted by atomic mass is 35.5. The summed E-state index contributed by atoms with van der Waals surface area (Å²) in [5.41, 5.74) is 0.611. The molecule has 0 aliphatic heterocycles. The smallest absolute Gasteiger partial charge is 0.147 e. The van der Waals surface area contributed by atoms with Crippen molar-refractivity contribution in [2.75, 3.05) is 7.05 Å². The molecule has 0 amide bonds. The van der Waals surface area contributed by atoms with Crippen molar-refractivity contribution in [3.8, 4) is 5.75 Å². The number of halogens is 2. The van der Waals surface area contributed by atoms with Gasteiger partial charge in [0.05, 0.1) is 6.20 Å². The molecule has 1 N–H and O–H groups in total. The molecule has 0 saturated carbocycles. The molecular weight excluding hydrogens is 281 g/mol. The lowest BCUT2D eigenvalue weighted by atomic mass is 10.1. The zero-order chi connectivity index (χ0) is 14.7. The van der Waals surface area contributed by atoms with Crippen LogP contribution in [-0.4, -0.2) is 16.6 Å². The van der Waals surface area contributed by atoms with Crippen LogP contribution in [0.3, 0.4) is 0 Å². The third kappa shape index (κ3) is 3.11. The van der Waals surface area contributed by atoms with E-state index < -0.39 is 0 Å². The normalized spacial score (nSPS) is 12.4. The molecule has 1 heterocycles. The summed E-state index contributed by atoms with van der Waals surface area (Å²) >= 11 is 5.89. The minimum Gasteiger partial charge on any atom is -0.486 e. The van der Waals surface area contributed by atoms with Gasteiger partial charge in [-0.25, -0.2) is 9.37 Å². The highest BCUT2D eigenvalue weighted by Crippen LogP contribution is 2.22. The molecule has 1 unspecified atom stereocenters. The van der Waals surface area contributed by atoms with E-state index in [2.05, 4.69) is 10.3 Å². The van der Waals surface area contributed by atoms with Crippen molar-refractivity contribution >= 4 is 11.6 Å². The first-order valence-corrected chi connectivity index (χ1v) is 6.66. The molecule has 0 spiro atoms. The largest absolute Gasteiger partial charge is 0.486 e. The van der Waals surface area contributed by atoms with E-state index in [0.29, 0.717) is 22.3 Å². The lowest BCUT2D eigenvalue weighted by molar-refractivity contribution is 0.290. The maximum atomic E-state index is 13.9. The van der Waals surface area contributed by atoms with Gasteiger partial charge in [0.25, 0.3) is 0 Å². The number of aromatic nitrogens is 2. The van der Waals surface area contributed by atoms with Gasteiger partial charge in [-0.1, -0.05) is 17.7 Å². The first-order chi connectivity index (χ1) is 9.52. The van der Waals surface area contributed by atoms with Gasteiger partial charge in [0.15, 0.2) is 0 Å². The molecule has 2 rings (SSSR count). The molecule has 4 nitrogen and oxygen atoms in total. The lowest BCUT2D eigenvalue weighted by Gasteiger charge is -2.13. The Morgan fingerprint density at radius 3 is 2.80 bits per heavy atom. The summed E-state index contributed by atoms with van der Waals surface area (Å²) in [6.07, 6.45) is 1.55. The number of nitrogens with zero attached hydrogens (tertiary/aromatic N) is 2. The fourth-order valence-electron chi connectivity index (χ4n) is 1.81. The Bertz CT molecular complexity index is 600. The fraction of sp³-hybridized carbons (Fsp3) is 0.357. The Morgan fingerprint density at radius 2 is 2.25 bits per heavy atom. The van der Waals surface area contributed by atoms with E-state index in [-0.39, 0.29) is 18.5 Å². The van der Waals surface area contributed by atoms with E-state index in [4.69, 9.17) is 16.3 Å². The number of ether oxygens (including phenoxy) is 1. The molecule has 1 atom stereocenters. The molecule has 0 radical (unpaired) electrons. The van der Waals surface area contributed by atoms with Gasteiger partial charge in [-0.2, -0.15) is 0 Å². The topological polar surface area (TPSA) is 39.1 Å². The second-order valence-electron chi connectivity index (χ2n) is 4.54. The highest BCUT2D eigenvalue weighted by Gasteiger charge is 2.11. The van der Waals surface area contributed by atoms with Crippen LogP contribution in [0, 0.1) is 5.82 Å². The number of rotatable bonds is 5. The average molecular weight is 298 g/mol. The van der Waals surface area contributed by atoms with Gasteiger partial charge < -0.3 is 14.6 Å². The Kier molecular flexibility index (Phi) is 4.62. The maximum Gasteiger partial charge on any atom is 0.147 e. The molecular formula is C14H17ClFN3O. The van der Waals surface area contributed by atoms with Crippen LogP contribution in [0.4, 0.5) is 4.39 Å². The number of hydrogen-bond acceptors (Lipinski definition) is 3. The average Bonchev–Trinajstić information content (AvgIpc) is 2.76. The summed E-state index contributed by atoms with van der Waals surface area (Å²) in [5.74, 6) is 0.860. The predicted molar refractivity (Wildman–Crippen MR) is 76.4 cm³/mol. The third-order valence-corrected chi connectivity index (χ3v) is 3.62. The molecule has 0 aliphatic rings. The van der Waals surface area contributed by atoms with E-state index in [0.717, 1.165) is 0 Å². The van der Waals surface area contributed by atoms with E-state index in [9.17, 15) is 4.39 Å². The minimum absolute atomic E-state index is 0.0441. The van der Waals surface area contributed by atoms with Crippen molar-refractivity contribution in [1.29, 1.82) is 0 Å². The number of imidazole rings is 1. The van der Waals surface area contributed by atoms with Crippen LogP contribution in [0.1, 0.15) is 24.4 Å². The van der Waals surface area contributed by atoms with Gasteiger partial charge in [-0.15, -0.1) is 0 Å². The second kappa shape index (κ2) is 6.24. The van der Waals surface area contributed by atoms with Gasteiger partial charge in [-0.05, 0) is 20.0 Å². The first-order valence-electron chi connectivity index (χ1n) is 6.28. The highest BCUT2D eigenvalue weighted by molar-refractivity contribution is 6.29. The molecule has 0 saturated heterocycles. The summed E-state index contributed by atoms with van der Waals surface area (Å²) in [5, 5.41) is 3.54. The first kappa shape index (κ1) is 14.8. The van der Waals surface area contributed by atoms with Crippen LogP contribution >= 0.6 is 11.6 Å². The van der Waals surface area contributed by atoms with Gasteiger partial charge in [0, 0.05) is 24.7 Å². The minimum atomic E-state index is -0.290. The maximum absolute atomic E-state index is 13.9. The van der Waals surface area contributed by atoms with Crippen LogP contribution in [-0.2, 0) is 13.7 Å². The summed E-state index contributed by atoms with van der Waals surface area (Å²) in [7, 11) is 3.59. The third-order valence-electron chi connectivity index (χ3n) is 3.27. The summed E-state index contributed by atoms with van der Waals surface area (Å²) in [6, 6.07) is 4.80. The molecule has 1 aromatic carbocycles. The molecule has 108 valence electrons. The molecule has 6 heteroatoms. The summed E-state index contributed by atoms with van der Waals surface area (Å²) < 4.78 is 21.2. The van der Waals surface area contributed by atoms with Crippen molar-refractivity contribution in [2.45, 2.75) is 19.6 Å². The van der Waals surface area contributed by atoms with Crippen LogP contribution in [0.5, 0.6) is 5.75 Å². The van der Waals surface area contributed by atoms with Gasteiger partial charge in [0.2, 0.25) is 0 Å². The monoisotopic (exact) mass is 297 g/mol. The zero-order valence-electron chi connectivity index (χ0n) is 11.7. The molecule has 1 aromatic heterocycles. The summed E-state index contributed by atoms with van der Waals surface area (Å²) in [6.45, 7) is 2.14. The summed E-state index contributed by atoms with van der Waals surface area (Å²) in [4.78, 5) is 4.11. The van der Waals surface area contributed by atoms with Gasteiger partial charge >= 0.3 is 0 Å². The van der Waals surface area contributed by atoms with E-state index >= 15 is 0 Å². The van der Waals surface area contributed by atoms with Gasteiger partial charge in [0.1, 0.15) is 29.2 Å². The van der Waals surface area contributed by atoms with Crippen LogP contribution in [0.2, 0.25) is 5.15 Å². The second-order valence-corrected chi connectivity index (χ2v) is 4.93.